The van der Waals surface area contributed by atoms with Crippen molar-refractivity contribution in [2.45, 2.75) is 52.4 Å². The van der Waals surface area contributed by atoms with E-state index in [0.29, 0.717) is 17.2 Å². The number of carbonyl (C=O) groups is 1. The first-order valence-corrected chi connectivity index (χ1v) is 12.5. The summed E-state index contributed by atoms with van der Waals surface area (Å²) >= 11 is 0. The van der Waals surface area contributed by atoms with Crippen LogP contribution >= 0.6 is 0 Å². The molecule has 1 aromatic heterocycles. The monoisotopic (exact) mass is 465 g/mol. The Bertz CT molecular complexity index is 1320. The van der Waals surface area contributed by atoms with E-state index >= 15 is 0 Å². The van der Waals surface area contributed by atoms with Crippen molar-refractivity contribution in [2.24, 2.45) is 5.92 Å². The Morgan fingerprint density at radius 1 is 0.971 bits per heavy atom. The van der Waals surface area contributed by atoms with Crippen LogP contribution in [-0.2, 0) is 0 Å². The minimum Gasteiger partial charge on any atom is -0.338 e. The Morgan fingerprint density at radius 3 is 2.23 bits per heavy atom. The van der Waals surface area contributed by atoms with E-state index in [4.69, 9.17) is 4.98 Å². The van der Waals surface area contributed by atoms with Crippen molar-refractivity contribution >= 4 is 23.6 Å². The molecule has 35 heavy (non-hydrogen) atoms. The first kappa shape index (κ1) is 24.5. The highest BCUT2D eigenvalue weighted by atomic mass is 16.1. The van der Waals surface area contributed by atoms with Crippen LogP contribution in [0.3, 0.4) is 0 Å². The lowest BCUT2D eigenvalue weighted by Gasteiger charge is -2.17. The van der Waals surface area contributed by atoms with Crippen molar-refractivity contribution in [3.8, 4) is 11.4 Å². The number of imidazole rings is 1. The third kappa shape index (κ3) is 6.07. The van der Waals surface area contributed by atoms with Gasteiger partial charge in [0.05, 0.1) is 10.7 Å². The van der Waals surface area contributed by atoms with Gasteiger partial charge in [-0.2, -0.15) is 0 Å². The molecule has 0 aliphatic heterocycles. The maximum absolute atomic E-state index is 12.5. The van der Waals surface area contributed by atoms with Crippen LogP contribution < -0.4 is 16.0 Å². The summed E-state index contributed by atoms with van der Waals surface area (Å²) in [7, 11) is 0. The van der Waals surface area contributed by atoms with Gasteiger partial charge >= 0.3 is 0 Å². The van der Waals surface area contributed by atoms with Crippen LogP contribution in [-0.4, -0.2) is 15.9 Å². The van der Waals surface area contributed by atoms with E-state index in [1.54, 1.807) is 0 Å². The third-order valence-corrected chi connectivity index (χ3v) is 6.82. The predicted molar refractivity (Wildman–Crippen MR) is 146 cm³/mol. The third-order valence-electron chi connectivity index (χ3n) is 6.82. The van der Waals surface area contributed by atoms with Crippen LogP contribution in [0.2, 0.25) is 0 Å². The lowest BCUT2D eigenvalue weighted by Crippen LogP contribution is -2.27. The molecule has 1 fully saturated rings. The van der Waals surface area contributed by atoms with E-state index in [-0.39, 0.29) is 5.91 Å². The van der Waals surface area contributed by atoms with Gasteiger partial charge in [0.2, 0.25) is 0 Å². The van der Waals surface area contributed by atoms with E-state index in [9.17, 15) is 4.79 Å². The molecule has 1 saturated carbocycles. The Morgan fingerprint density at radius 2 is 1.60 bits per heavy atom. The molecule has 1 heterocycles. The predicted octanol–water partition coefficient (Wildman–Crippen LogP) is 5.89. The molecule has 1 aliphatic carbocycles. The smallest absolute Gasteiger partial charge is 0.255 e. The molecule has 0 atom stereocenters. The van der Waals surface area contributed by atoms with E-state index in [0.717, 1.165) is 27.6 Å². The fraction of sp³-hybridized carbons (Fsp3) is 0.290. The summed E-state index contributed by atoms with van der Waals surface area (Å²) in [5.41, 5.74) is 5.71. The van der Waals surface area contributed by atoms with Crippen LogP contribution in [0.5, 0.6) is 0 Å². The van der Waals surface area contributed by atoms with Gasteiger partial charge in [0.1, 0.15) is 5.82 Å². The van der Waals surface area contributed by atoms with Crippen molar-refractivity contribution < 1.29 is 4.79 Å². The first-order valence-electron chi connectivity index (χ1n) is 12.5. The van der Waals surface area contributed by atoms with Gasteiger partial charge < -0.3 is 10.3 Å². The second-order valence-electron chi connectivity index (χ2n) is 9.45. The molecule has 2 N–H and O–H groups in total. The largest absolute Gasteiger partial charge is 0.338 e. The number of aryl methyl sites for hydroxylation is 1. The number of hydrogen-bond donors (Lipinski definition) is 2. The van der Waals surface area contributed by atoms with E-state index < -0.39 is 0 Å². The Balaban J connectivity index is 1.50. The summed E-state index contributed by atoms with van der Waals surface area (Å²) in [6.45, 7) is 12.4. The normalized spacial score (nSPS) is 15.6. The van der Waals surface area contributed by atoms with Gasteiger partial charge in [0.25, 0.3) is 5.91 Å². The second-order valence-corrected chi connectivity index (χ2v) is 9.45. The first-order chi connectivity index (χ1) is 16.9. The zero-order valence-corrected chi connectivity index (χ0v) is 20.9. The van der Waals surface area contributed by atoms with Crippen LogP contribution in [0.25, 0.3) is 29.1 Å². The fourth-order valence-corrected chi connectivity index (χ4v) is 4.71. The summed E-state index contributed by atoms with van der Waals surface area (Å²) in [5, 5.41) is 4.49. The molecule has 0 spiro atoms. The number of aromatic amines is 1. The number of amides is 1. The zero-order chi connectivity index (χ0) is 24.8. The molecule has 1 amide bonds. The van der Waals surface area contributed by atoms with Crippen LogP contribution in [0.1, 0.15) is 66.9 Å². The molecule has 4 rings (SSSR count). The SMILES string of the molecule is C=C(/C=c1/[nH]c(-c2ccc(C(=C)C3CCCCCC3)cc2)n/c1=C/C)NC(=O)c1ccc(C)cc1. The summed E-state index contributed by atoms with van der Waals surface area (Å²) in [4.78, 5) is 20.7. The van der Waals surface area contributed by atoms with Gasteiger partial charge in [-0.1, -0.05) is 86.9 Å². The molecule has 0 saturated heterocycles. The van der Waals surface area contributed by atoms with Crippen molar-refractivity contribution in [3.05, 3.63) is 94.8 Å². The van der Waals surface area contributed by atoms with Crippen LogP contribution in [0, 0.1) is 12.8 Å². The average molecular weight is 466 g/mol. The molecule has 2 aromatic carbocycles. The zero-order valence-electron chi connectivity index (χ0n) is 20.9. The van der Waals surface area contributed by atoms with Gasteiger partial charge in [-0.15, -0.1) is 0 Å². The molecular formula is C31H35N3O. The summed E-state index contributed by atoms with van der Waals surface area (Å²) < 4.78 is 0. The molecule has 4 heteroatoms. The van der Waals surface area contributed by atoms with Crippen molar-refractivity contribution in [1.82, 2.24) is 15.3 Å². The lowest BCUT2D eigenvalue weighted by molar-refractivity contribution is 0.0968. The molecule has 0 radical (unpaired) electrons. The Hall–Kier alpha value is -3.66. The lowest BCUT2D eigenvalue weighted by atomic mass is 9.88. The van der Waals surface area contributed by atoms with Crippen molar-refractivity contribution in [1.29, 1.82) is 0 Å². The highest BCUT2D eigenvalue weighted by molar-refractivity contribution is 5.96. The summed E-state index contributed by atoms with van der Waals surface area (Å²) in [6.07, 6.45) is 11.6. The van der Waals surface area contributed by atoms with Gasteiger partial charge in [0.15, 0.2) is 0 Å². The van der Waals surface area contributed by atoms with Gasteiger partial charge in [0, 0.05) is 16.8 Å². The maximum Gasteiger partial charge on any atom is 0.255 e. The minimum absolute atomic E-state index is 0.183. The van der Waals surface area contributed by atoms with E-state index in [2.05, 4.69) is 47.7 Å². The van der Waals surface area contributed by atoms with Crippen molar-refractivity contribution in [2.75, 3.05) is 0 Å². The standard InChI is InChI=1S/C31H35N3O/c1-5-28-29(20-22(3)32-31(35)27-14-12-21(2)13-15-27)34-30(33-28)26-18-16-25(17-19-26)23(4)24-10-8-6-7-9-11-24/h5,12-20,24H,3-4,6-11H2,1-2H3,(H,32,35)(H,33,34)/b28-5+,29-20+. The quantitative estimate of drug-likeness (QED) is 0.446. The number of nitrogens with one attached hydrogen (secondary N) is 2. The molecule has 180 valence electrons. The van der Waals surface area contributed by atoms with Gasteiger partial charge in [-0.25, -0.2) is 4.98 Å². The fourth-order valence-electron chi connectivity index (χ4n) is 4.71. The molecule has 0 unspecified atom stereocenters. The second kappa shape index (κ2) is 11.2. The summed E-state index contributed by atoms with van der Waals surface area (Å²) in [5.74, 6) is 1.20. The van der Waals surface area contributed by atoms with Gasteiger partial charge in [-0.05, 0) is 62.0 Å². The van der Waals surface area contributed by atoms with E-state index in [1.165, 1.54) is 49.7 Å². The molecular weight excluding hydrogens is 430 g/mol. The number of nitrogens with zero attached hydrogens (tertiary/aromatic N) is 1. The topological polar surface area (TPSA) is 57.8 Å². The number of H-pyrrole nitrogens is 1. The highest BCUT2D eigenvalue weighted by Crippen LogP contribution is 2.33. The van der Waals surface area contributed by atoms with Crippen LogP contribution in [0.4, 0.5) is 0 Å². The maximum atomic E-state index is 12.5. The van der Waals surface area contributed by atoms with E-state index in [1.807, 2.05) is 50.3 Å². The average Bonchev–Trinajstić information content (AvgIpc) is 3.07. The number of aromatic nitrogens is 2. The molecule has 0 bridgehead atoms. The highest BCUT2D eigenvalue weighted by Gasteiger charge is 2.16. The minimum atomic E-state index is -0.183. The van der Waals surface area contributed by atoms with Gasteiger partial charge in [-0.3, -0.25) is 4.79 Å². The number of carbonyl (C=O) groups excluding carboxylic acids is 1. The Labute approximate surface area is 208 Å². The molecule has 3 aromatic rings. The summed E-state index contributed by atoms with van der Waals surface area (Å²) in [6, 6.07) is 16.0. The number of rotatable bonds is 6. The molecule has 4 nitrogen and oxygen atoms in total. The van der Waals surface area contributed by atoms with Crippen molar-refractivity contribution in [3.63, 3.8) is 0 Å². The number of hydrogen-bond acceptors (Lipinski definition) is 2. The number of benzene rings is 2. The van der Waals surface area contributed by atoms with Crippen LogP contribution in [0.15, 0.2) is 67.4 Å². The number of allylic oxidation sites excluding steroid dienone is 2. The molecule has 1 aliphatic rings. The Kier molecular flexibility index (Phi) is 7.81.